The molecule has 1 amide bonds. The van der Waals surface area contributed by atoms with Gasteiger partial charge in [0.25, 0.3) is 0 Å². The minimum absolute atomic E-state index is 0.0460. The number of ether oxygens (including phenoxy) is 2. The lowest BCUT2D eigenvalue weighted by Crippen LogP contribution is -2.35. The van der Waals surface area contributed by atoms with E-state index in [1.165, 1.54) is 0 Å². The van der Waals surface area contributed by atoms with Gasteiger partial charge in [-0.15, -0.1) is 0 Å². The minimum Gasteiger partial charge on any atom is -0.498 e. The maximum Gasteiger partial charge on any atom is 0.247 e. The van der Waals surface area contributed by atoms with Crippen molar-refractivity contribution in [3.05, 3.63) is 23.2 Å². The van der Waals surface area contributed by atoms with Crippen LogP contribution in [0.5, 0.6) is 0 Å². The Balaban J connectivity index is 4.82. The summed E-state index contributed by atoms with van der Waals surface area (Å²) in [5.41, 5.74) is 0.621. The normalized spacial score (nSPS) is 13.1. The first-order valence-corrected chi connectivity index (χ1v) is 7.28. The highest BCUT2D eigenvalue weighted by Gasteiger charge is 2.13. The van der Waals surface area contributed by atoms with Crippen LogP contribution in [0.2, 0.25) is 0 Å². The largest absolute Gasteiger partial charge is 0.498 e. The van der Waals surface area contributed by atoms with E-state index in [1.54, 1.807) is 34.1 Å². The van der Waals surface area contributed by atoms with Crippen LogP contribution in [0.1, 0.15) is 53.4 Å². The molecule has 20 heavy (non-hydrogen) atoms. The van der Waals surface area contributed by atoms with Gasteiger partial charge in [-0.05, 0) is 32.8 Å². The quantitative estimate of drug-likeness (QED) is 0.400. The van der Waals surface area contributed by atoms with E-state index >= 15 is 0 Å². The van der Waals surface area contributed by atoms with Gasteiger partial charge >= 0.3 is 0 Å². The summed E-state index contributed by atoms with van der Waals surface area (Å²) < 4.78 is 10.3. The molecule has 0 bridgehead atoms. The van der Waals surface area contributed by atoms with Crippen molar-refractivity contribution in [1.82, 2.24) is 5.32 Å². The fraction of sp³-hybridized carbons (Fsp3) is 0.688. The van der Waals surface area contributed by atoms with Gasteiger partial charge in [-0.2, -0.15) is 0 Å². The molecule has 0 aromatic heterocycles. The van der Waals surface area contributed by atoms with Crippen LogP contribution in [-0.2, 0) is 14.3 Å². The van der Waals surface area contributed by atoms with E-state index in [0.717, 1.165) is 25.7 Å². The highest BCUT2D eigenvalue weighted by molar-refractivity contribution is 5.93. The van der Waals surface area contributed by atoms with Crippen LogP contribution in [0.15, 0.2) is 23.2 Å². The summed E-state index contributed by atoms with van der Waals surface area (Å²) in [5.74, 6) is 1.18. The van der Waals surface area contributed by atoms with Gasteiger partial charge in [-0.3, -0.25) is 4.79 Å². The number of carbonyl (C=O) groups excluding carboxylic acids is 1. The van der Waals surface area contributed by atoms with E-state index in [0.29, 0.717) is 17.1 Å². The van der Waals surface area contributed by atoms with Crippen molar-refractivity contribution in [3.63, 3.8) is 0 Å². The van der Waals surface area contributed by atoms with Crippen molar-refractivity contribution < 1.29 is 14.3 Å². The van der Waals surface area contributed by atoms with Gasteiger partial charge < -0.3 is 14.8 Å². The number of hydrogen-bond donors (Lipinski definition) is 1. The lowest BCUT2D eigenvalue weighted by atomic mass is 10.1. The first-order chi connectivity index (χ1) is 9.49. The predicted octanol–water partition coefficient (Wildman–Crippen LogP) is 3.54. The molecule has 0 saturated carbocycles. The van der Waals surface area contributed by atoms with Gasteiger partial charge in [-0.25, -0.2) is 0 Å². The third-order valence-electron chi connectivity index (χ3n) is 3.19. The second-order valence-corrected chi connectivity index (χ2v) is 4.90. The third-order valence-corrected chi connectivity index (χ3v) is 3.19. The smallest absolute Gasteiger partial charge is 0.247 e. The molecule has 0 aromatic rings. The summed E-state index contributed by atoms with van der Waals surface area (Å²) in [7, 11) is 3.15. The maximum atomic E-state index is 12.2. The zero-order chi connectivity index (χ0) is 15.5. The van der Waals surface area contributed by atoms with Crippen molar-refractivity contribution in [2.24, 2.45) is 0 Å². The number of rotatable bonds is 9. The molecule has 0 unspecified atom stereocenters. The molecule has 0 aromatic carbocycles. The second kappa shape index (κ2) is 10.4. The predicted molar refractivity (Wildman–Crippen MR) is 82.2 cm³/mol. The average Bonchev–Trinajstić information content (AvgIpc) is 2.44. The third kappa shape index (κ3) is 6.64. The Morgan fingerprint density at radius 3 is 2.05 bits per heavy atom. The molecule has 0 aliphatic heterocycles. The summed E-state index contributed by atoms with van der Waals surface area (Å²) in [4.78, 5) is 12.2. The Bertz CT molecular complexity index is 353. The number of amides is 1. The zero-order valence-electron chi connectivity index (χ0n) is 13.7. The van der Waals surface area contributed by atoms with Crippen LogP contribution in [0.3, 0.4) is 0 Å². The first-order valence-electron chi connectivity index (χ1n) is 7.28. The average molecular weight is 283 g/mol. The molecule has 0 atom stereocenters. The van der Waals surface area contributed by atoms with E-state index < -0.39 is 0 Å². The molecule has 0 fully saturated rings. The maximum absolute atomic E-state index is 12.2. The molecular formula is C16H29NO3. The number of nitrogens with one attached hydrogen (secondary N) is 1. The van der Waals surface area contributed by atoms with Crippen LogP contribution in [-0.4, -0.2) is 26.2 Å². The Hall–Kier alpha value is -1.45. The summed E-state index contributed by atoms with van der Waals surface area (Å²) in [6.45, 7) is 7.85. The van der Waals surface area contributed by atoms with Crippen molar-refractivity contribution in [2.45, 2.75) is 59.4 Å². The molecule has 0 rings (SSSR count). The number of hydrogen-bond acceptors (Lipinski definition) is 3. The lowest BCUT2D eigenvalue weighted by molar-refractivity contribution is -0.118. The Kier molecular flexibility index (Phi) is 9.60. The molecule has 4 heteroatoms. The fourth-order valence-corrected chi connectivity index (χ4v) is 1.95. The SMILES string of the molecule is CCCC(CCC)NC(=O)/C(C)=C/C(OC)=C(\C)OC. The summed E-state index contributed by atoms with van der Waals surface area (Å²) in [6.07, 6.45) is 5.87. The molecular weight excluding hydrogens is 254 g/mol. The number of carbonyl (C=O) groups is 1. The van der Waals surface area contributed by atoms with Gasteiger partial charge in [0.1, 0.15) is 5.76 Å². The first kappa shape index (κ1) is 18.6. The Morgan fingerprint density at radius 1 is 1.10 bits per heavy atom. The standard InChI is InChI=1S/C16H29NO3/c1-7-9-14(10-8-2)17-16(18)12(3)11-15(20-6)13(4)19-5/h11,14H,7-10H2,1-6H3,(H,17,18)/b12-11+,15-13-. The Labute approximate surface area is 123 Å². The van der Waals surface area contributed by atoms with E-state index in [2.05, 4.69) is 19.2 Å². The topological polar surface area (TPSA) is 47.6 Å². The number of methoxy groups -OCH3 is 2. The minimum atomic E-state index is -0.0460. The van der Waals surface area contributed by atoms with Crippen molar-refractivity contribution in [2.75, 3.05) is 14.2 Å². The van der Waals surface area contributed by atoms with Crippen molar-refractivity contribution in [3.8, 4) is 0 Å². The molecule has 0 aliphatic rings. The van der Waals surface area contributed by atoms with Crippen LogP contribution >= 0.6 is 0 Å². The summed E-state index contributed by atoms with van der Waals surface area (Å²) >= 11 is 0. The van der Waals surface area contributed by atoms with E-state index in [-0.39, 0.29) is 11.9 Å². The van der Waals surface area contributed by atoms with Crippen LogP contribution in [0.4, 0.5) is 0 Å². The monoisotopic (exact) mass is 283 g/mol. The molecule has 1 N–H and O–H groups in total. The van der Waals surface area contributed by atoms with Gasteiger partial charge in [-0.1, -0.05) is 26.7 Å². The van der Waals surface area contributed by atoms with Gasteiger partial charge in [0, 0.05) is 11.6 Å². The molecule has 0 saturated heterocycles. The van der Waals surface area contributed by atoms with Crippen molar-refractivity contribution in [1.29, 1.82) is 0 Å². The van der Waals surface area contributed by atoms with E-state index in [4.69, 9.17) is 9.47 Å². The van der Waals surface area contributed by atoms with Crippen LogP contribution in [0, 0.1) is 0 Å². The molecule has 0 aliphatic carbocycles. The van der Waals surface area contributed by atoms with Crippen molar-refractivity contribution >= 4 is 5.91 Å². The van der Waals surface area contributed by atoms with Crippen LogP contribution < -0.4 is 5.32 Å². The lowest BCUT2D eigenvalue weighted by Gasteiger charge is -2.17. The second-order valence-electron chi connectivity index (χ2n) is 4.90. The summed E-state index contributed by atoms with van der Waals surface area (Å²) in [6, 6.07) is 0.249. The molecule has 116 valence electrons. The van der Waals surface area contributed by atoms with E-state index in [9.17, 15) is 4.79 Å². The van der Waals surface area contributed by atoms with Gasteiger partial charge in [0.05, 0.1) is 14.2 Å². The Morgan fingerprint density at radius 2 is 1.65 bits per heavy atom. The highest BCUT2D eigenvalue weighted by atomic mass is 16.5. The fourth-order valence-electron chi connectivity index (χ4n) is 1.95. The van der Waals surface area contributed by atoms with Gasteiger partial charge in [0.2, 0.25) is 5.91 Å². The molecule has 0 radical (unpaired) electrons. The molecule has 0 heterocycles. The zero-order valence-corrected chi connectivity index (χ0v) is 13.7. The summed E-state index contributed by atoms with van der Waals surface area (Å²) in [5, 5.41) is 3.08. The van der Waals surface area contributed by atoms with Gasteiger partial charge in [0.15, 0.2) is 5.76 Å². The number of allylic oxidation sites excluding steroid dienone is 2. The van der Waals surface area contributed by atoms with Crippen LogP contribution in [0.25, 0.3) is 0 Å². The molecule has 4 nitrogen and oxygen atoms in total. The van der Waals surface area contributed by atoms with E-state index in [1.807, 2.05) is 0 Å². The highest BCUT2D eigenvalue weighted by Crippen LogP contribution is 2.11. The molecule has 0 spiro atoms.